The molecule has 2 aromatic carbocycles. The predicted octanol–water partition coefficient (Wildman–Crippen LogP) is 3.65. The molecule has 118 valence electrons. The third kappa shape index (κ3) is 4.07. The molecule has 4 heteroatoms. The van der Waals surface area contributed by atoms with Crippen LogP contribution in [0.25, 0.3) is 5.57 Å². The maximum absolute atomic E-state index is 11.9. The highest BCUT2D eigenvalue weighted by atomic mass is 16.5. The van der Waals surface area contributed by atoms with Gasteiger partial charge in [-0.3, -0.25) is 4.79 Å². The number of carbonyl (C=O) groups is 2. The topological polar surface area (TPSA) is 52.6 Å². The minimum absolute atomic E-state index is 0.285. The van der Waals surface area contributed by atoms with Gasteiger partial charge in [-0.05, 0) is 30.2 Å². The first-order valence-corrected chi connectivity index (χ1v) is 7.20. The zero-order valence-electron chi connectivity index (χ0n) is 13.1. The van der Waals surface area contributed by atoms with Crippen molar-refractivity contribution in [1.82, 2.24) is 0 Å². The summed E-state index contributed by atoms with van der Waals surface area (Å²) in [6, 6.07) is 14.4. The standard InChI is InChI=1S/C19H18O4/c1-3-17(19(21)22-2)18-10-5-4-8-15(18)13-23-16-9-6-7-14(11-16)12-20/h3-12H,13H2,1-2H3. The molecule has 0 aliphatic heterocycles. The van der Waals surface area contributed by atoms with Gasteiger partial charge in [-0.15, -0.1) is 0 Å². The second-order valence-electron chi connectivity index (χ2n) is 4.83. The van der Waals surface area contributed by atoms with E-state index in [4.69, 9.17) is 9.47 Å². The Balaban J connectivity index is 2.23. The molecule has 0 fully saturated rings. The number of carbonyl (C=O) groups excluding carboxylic acids is 2. The van der Waals surface area contributed by atoms with Gasteiger partial charge >= 0.3 is 5.97 Å². The van der Waals surface area contributed by atoms with E-state index in [2.05, 4.69) is 0 Å². The normalized spacial score (nSPS) is 11.0. The molecule has 0 atom stereocenters. The van der Waals surface area contributed by atoms with Gasteiger partial charge in [0, 0.05) is 5.56 Å². The van der Waals surface area contributed by atoms with Crippen LogP contribution in [0.1, 0.15) is 28.4 Å². The van der Waals surface area contributed by atoms with E-state index in [0.29, 0.717) is 16.9 Å². The molecule has 0 heterocycles. The molecular weight excluding hydrogens is 292 g/mol. The fourth-order valence-corrected chi connectivity index (χ4v) is 2.24. The Bertz CT molecular complexity index is 732. The van der Waals surface area contributed by atoms with E-state index in [1.807, 2.05) is 24.3 Å². The summed E-state index contributed by atoms with van der Waals surface area (Å²) in [5.74, 6) is 0.215. The lowest BCUT2D eigenvalue weighted by atomic mass is 10.00. The summed E-state index contributed by atoms with van der Waals surface area (Å²) < 4.78 is 10.6. The Morgan fingerprint density at radius 2 is 1.91 bits per heavy atom. The van der Waals surface area contributed by atoms with Gasteiger partial charge in [0.05, 0.1) is 12.7 Å². The lowest BCUT2D eigenvalue weighted by Gasteiger charge is -2.13. The van der Waals surface area contributed by atoms with E-state index in [1.54, 1.807) is 37.3 Å². The van der Waals surface area contributed by atoms with Gasteiger partial charge in [0.25, 0.3) is 0 Å². The number of ether oxygens (including phenoxy) is 2. The summed E-state index contributed by atoms with van der Waals surface area (Å²) in [5.41, 5.74) is 2.68. The Kier molecular flexibility index (Phi) is 5.69. The van der Waals surface area contributed by atoms with Gasteiger partial charge < -0.3 is 9.47 Å². The molecule has 4 nitrogen and oxygen atoms in total. The van der Waals surface area contributed by atoms with E-state index in [9.17, 15) is 9.59 Å². The van der Waals surface area contributed by atoms with Crippen LogP contribution in [0.5, 0.6) is 5.75 Å². The average Bonchev–Trinajstić information content (AvgIpc) is 2.61. The van der Waals surface area contributed by atoms with Crippen LogP contribution in [0.15, 0.2) is 54.6 Å². The molecule has 23 heavy (non-hydrogen) atoms. The van der Waals surface area contributed by atoms with Crippen molar-refractivity contribution in [1.29, 1.82) is 0 Å². The van der Waals surface area contributed by atoms with Gasteiger partial charge in [-0.1, -0.05) is 42.5 Å². The summed E-state index contributed by atoms with van der Waals surface area (Å²) in [6.45, 7) is 2.07. The van der Waals surface area contributed by atoms with Crippen molar-refractivity contribution in [3.63, 3.8) is 0 Å². The lowest BCUT2D eigenvalue weighted by molar-refractivity contribution is -0.133. The van der Waals surface area contributed by atoms with Crippen LogP contribution in [0.4, 0.5) is 0 Å². The Hall–Kier alpha value is -2.88. The molecule has 0 N–H and O–H groups in total. The van der Waals surface area contributed by atoms with Gasteiger partial charge in [-0.2, -0.15) is 0 Å². The number of hydrogen-bond donors (Lipinski definition) is 0. The molecule has 2 aromatic rings. The van der Waals surface area contributed by atoms with Crippen molar-refractivity contribution in [3.05, 3.63) is 71.3 Å². The van der Waals surface area contributed by atoms with E-state index >= 15 is 0 Å². The van der Waals surface area contributed by atoms with Crippen molar-refractivity contribution < 1.29 is 19.1 Å². The number of esters is 1. The van der Waals surface area contributed by atoms with Crippen molar-refractivity contribution in [2.75, 3.05) is 7.11 Å². The summed E-state index contributed by atoms with van der Waals surface area (Å²) in [4.78, 5) is 22.7. The van der Waals surface area contributed by atoms with E-state index in [0.717, 1.165) is 17.4 Å². The van der Waals surface area contributed by atoms with Crippen molar-refractivity contribution in [2.45, 2.75) is 13.5 Å². The van der Waals surface area contributed by atoms with Crippen LogP contribution in [-0.2, 0) is 16.1 Å². The molecule has 0 amide bonds. The number of methoxy groups -OCH3 is 1. The highest BCUT2D eigenvalue weighted by molar-refractivity contribution is 6.16. The van der Waals surface area contributed by atoms with Crippen molar-refractivity contribution in [2.24, 2.45) is 0 Å². The summed E-state index contributed by atoms with van der Waals surface area (Å²) >= 11 is 0. The molecular formula is C19H18O4. The number of rotatable bonds is 6. The van der Waals surface area contributed by atoms with E-state index in [1.165, 1.54) is 7.11 Å². The molecule has 0 aliphatic carbocycles. The molecule has 0 bridgehead atoms. The third-order valence-corrected chi connectivity index (χ3v) is 3.39. The fraction of sp³-hybridized carbons (Fsp3) is 0.158. The zero-order valence-corrected chi connectivity index (χ0v) is 13.1. The van der Waals surface area contributed by atoms with Gasteiger partial charge in [0.1, 0.15) is 18.6 Å². The lowest BCUT2D eigenvalue weighted by Crippen LogP contribution is -2.07. The first-order chi connectivity index (χ1) is 11.2. The molecule has 0 aromatic heterocycles. The van der Waals surface area contributed by atoms with Crippen LogP contribution in [-0.4, -0.2) is 19.4 Å². The number of hydrogen-bond acceptors (Lipinski definition) is 4. The van der Waals surface area contributed by atoms with Crippen LogP contribution >= 0.6 is 0 Å². The fourth-order valence-electron chi connectivity index (χ4n) is 2.24. The second kappa shape index (κ2) is 7.94. The minimum atomic E-state index is -0.386. The van der Waals surface area contributed by atoms with Gasteiger partial charge in [-0.25, -0.2) is 4.79 Å². The average molecular weight is 310 g/mol. The maximum atomic E-state index is 11.9. The Labute approximate surface area is 135 Å². The first-order valence-electron chi connectivity index (χ1n) is 7.20. The minimum Gasteiger partial charge on any atom is -0.489 e. The molecule has 0 unspecified atom stereocenters. The number of allylic oxidation sites excluding steroid dienone is 1. The first kappa shape index (κ1) is 16.5. The van der Waals surface area contributed by atoms with Crippen LogP contribution in [0.2, 0.25) is 0 Å². The number of aldehydes is 1. The molecule has 0 saturated heterocycles. The molecule has 0 saturated carbocycles. The highest BCUT2D eigenvalue weighted by Gasteiger charge is 2.15. The third-order valence-electron chi connectivity index (χ3n) is 3.39. The smallest absolute Gasteiger partial charge is 0.338 e. The molecule has 0 radical (unpaired) electrons. The van der Waals surface area contributed by atoms with Crippen LogP contribution in [0.3, 0.4) is 0 Å². The Morgan fingerprint density at radius 3 is 2.61 bits per heavy atom. The van der Waals surface area contributed by atoms with Crippen molar-refractivity contribution in [3.8, 4) is 5.75 Å². The highest BCUT2D eigenvalue weighted by Crippen LogP contribution is 2.22. The van der Waals surface area contributed by atoms with E-state index in [-0.39, 0.29) is 12.6 Å². The summed E-state index contributed by atoms with van der Waals surface area (Å²) in [7, 11) is 1.36. The van der Waals surface area contributed by atoms with Crippen LogP contribution < -0.4 is 4.74 Å². The molecule has 0 spiro atoms. The molecule has 0 aliphatic rings. The van der Waals surface area contributed by atoms with Crippen LogP contribution in [0, 0.1) is 0 Å². The predicted molar refractivity (Wildman–Crippen MR) is 88.3 cm³/mol. The maximum Gasteiger partial charge on any atom is 0.338 e. The summed E-state index contributed by atoms with van der Waals surface area (Å²) in [5, 5.41) is 0. The monoisotopic (exact) mass is 310 g/mol. The number of benzene rings is 2. The Morgan fingerprint density at radius 1 is 1.13 bits per heavy atom. The zero-order chi connectivity index (χ0) is 16.7. The van der Waals surface area contributed by atoms with Gasteiger partial charge in [0.15, 0.2) is 0 Å². The summed E-state index contributed by atoms with van der Waals surface area (Å²) in [6.07, 6.45) is 2.49. The van der Waals surface area contributed by atoms with Gasteiger partial charge in [0.2, 0.25) is 0 Å². The van der Waals surface area contributed by atoms with E-state index < -0.39 is 0 Å². The molecule has 2 rings (SSSR count). The second-order valence-corrected chi connectivity index (χ2v) is 4.83. The quantitative estimate of drug-likeness (QED) is 0.464. The SMILES string of the molecule is CC=C(C(=O)OC)c1ccccc1COc1cccc(C=O)c1. The van der Waals surface area contributed by atoms with Crippen molar-refractivity contribution >= 4 is 17.8 Å². The largest absolute Gasteiger partial charge is 0.489 e.